The van der Waals surface area contributed by atoms with Gasteiger partial charge in [0.05, 0.1) is 5.69 Å². The van der Waals surface area contributed by atoms with Gasteiger partial charge in [-0.3, -0.25) is 15.6 Å². The number of amides is 1. The predicted octanol–water partition coefficient (Wildman–Crippen LogP) is 3.40. The zero-order chi connectivity index (χ0) is 18.7. The van der Waals surface area contributed by atoms with Gasteiger partial charge in [0, 0.05) is 14.9 Å². The molecule has 0 saturated heterocycles. The molecule has 0 spiro atoms. The molecule has 0 aliphatic heterocycles. The van der Waals surface area contributed by atoms with E-state index >= 15 is 0 Å². The lowest BCUT2D eigenvalue weighted by Crippen LogP contribution is -2.30. The van der Waals surface area contributed by atoms with Gasteiger partial charge in [0.15, 0.2) is 16.8 Å². The molecule has 0 radical (unpaired) electrons. The van der Waals surface area contributed by atoms with Crippen molar-refractivity contribution in [1.82, 2.24) is 20.4 Å². The number of hydrogen-bond donors (Lipinski definition) is 4. The van der Waals surface area contributed by atoms with E-state index in [0.29, 0.717) is 16.5 Å². The molecule has 1 amide bonds. The summed E-state index contributed by atoms with van der Waals surface area (Å²) in [5, 5.41) is 3.76. The number of anilines is 4. The number of nitrogens with zero attached hydrogens (tertiary/aromatic N) is 3. The number of hydrazine groups is 1. The van der Waals surface area contributed by atoms with E-state index < -0.39 is 0 Å². The van der Waals surface area contributed by atoms with Crippen molar-refractivity contribution in [2.24, 2.45) is 0 Å². The Morgan fingerprint density at radius 1 is 1.15 bits per heavy atom. The molecule has 26 heavy (non-hydrogen) atoms. The van der Waals surface area contributed by atoms with Crippen LogP contribution in [0.1, 0.15) is 20.9 Å². The topological polar surface area (TPSA) is 118 Å². The Bertz CT molecular complexity index is 923. The number of halogens is 1. The van der Waals surface area contributed by atoms with Gasteiger partial charge in [0.2, 0.25) is 0 Å². The van der Waals surface area contributed by atoms with Crippen molar-refractivity contribution in [1.29, 1.82) is 0 Å². The SMILES string of the molecule is Cc1nc(Nc2ncnc(NNC(=O)c3ccc(Br)cc3)c2N)sc1C. The van der Waals surface area contributed by atoms with E-state index in [9.17, 15) is 4.79 Å². The molecule has 3 aromatic rings. The summed E-state index contributed by atoms with van der Waals surface area (Å²) in [6, 6.07) is 6.97. The van der Waals surface area contributed by atoms with E-state index in [1.807, 2.05) is 13.8 Å². The van der Waals surface area contributed by atoms with Crippen LogP contribution in [0.5, 0.6) is 0 Å². The van der Waals surface area contributed by atoms with Gasteiger partial charge < -0.3 is 11.1 Å². The molecule has 1 aromatic carbocycles. The Kier molecular flexibility index (Phi) is 5.33. The first kappa shape index (κ1) is 18.1. The number of aromatic nitrogens is 3. The minimum Gasteiger partial charge on any atom is -0.393 e. The summed E-state index contributed by atoms with van der Waals surface area (Å²) in [6.45, 7) is 3.93. The molecule has 3 rings (SSSR count). The summed E-state index contributed by atoms with van der Waals surface area (Å²) >= 11 is 4.84. The van der Waals surface area contributed by atoms with Gasteiger partial charge in [-0.25, -0.2) is 15.0 Å². The summed E-state index contributed by atoms with van der Waals surface area (Å²) in [5.74, 6) is 0.392. The van der Waals surface area contributed by atoms with E-state index in [-0.39, 0.29) is 17.4 Å². The van der Waals surface area contributed by atoms with Crippen LogP contribution in [0.2, 0.25) is 0 Å². The third kappa shape index (κ3) is 4.09. The molecule has 0 saturated carbocycles. The van der Waals surface area contributed by atoms with Crippen LogP contribution in [0.4, 0.5) is 22.5 Å². The Hall–Kier alpha value is -2.72. The molecule has 2 heterocycles. The van der Waals surface area contributed by atoms with E-state index in [1.165, 1.54) is 17.7 Å². The number of aryl methyl sites for hydroxylation is 2. The third-order valence-corrected chi connectivity index (χ3v) is 5.06. The van der Waals surface area contributed by atoms with Crippen molar-refractivity contribution >= 4 is 55.6 Å². The maximum absolute atomic E-state index is 12.2. The third-order valence-electron chi connectivity index (χ3n) is 3.54. The van der Waals surface area contributed by atoms with Crippen molar-refractivity contribution in [2.45, 2.75) is 13.8 Å². The summed E-state index contributed by atoms with van der Waals surface area (Å²) in [7, 11) is 0. The van der Waals surface area contributed by atoms with Gasteiger partial charge in [-0.15, -0.1) is 11.3 Å². The number of benzene rings is 1. The van der Waals surface area contributed by atoms with Crippen molar-refractivity contribution in [3.63, 3.8) is 0 Å². The number of nitrogen functional groups attached to an aromatic ring is 1. The normalized spacial score (nSPS) is 10.4. The summed E-state index contributed by atoms with van der Waals surface area (Å²) in [5.41, 5.74) is 13.1. The number of carbonyl (C=O) groups is 1. The lowest BCUT2D eigenvalue weighted by molar-refractivity contribution is 0.0962. The second-order valence-electron chi connectivity index (χ2n) is 5.36. The van der Waals surface area contributed by atoms with Crippen molar-refractivity contribution in [3.05, 3.63) is 51.2 Å². The fraction of sp³-hybridized carbons (Fsp3) is 0.125. The molecular formula is C16H16BrN7OS. The van der Waals surface area contributed by atoms with Gasteiger partial charge >= 0.3 is 0 Å². The smallest absolute Gasteiger partial charge is 0.269 e. The number of carbonyl (C=O) groups excluding carboxylic acids is 1. The number of hydrogen-bond acceptors (Lipinski definition) is 8. The van der Waals surface area contributed by atoms with Gasteiger partial charge in [0.25, 0.3) is 5.91 Å². The molecule has 10 heteroatoms. The molecule has 5 N–H and O–H groups in total. The zero-order valence-corrected chi connectivity index (χ0v) is 16.4. The van der Waals surface area contributed by atoms with Crippen LogP contribution in [0.3, 0.4) is 0 Å². The first-order chi connectivity index (χ1) is 12.4. The zero-order valence-electron chi connectivity index (χ0n) is 14.0. The molecule has 8 nitrogen and oxygen atoms in total. The predicted molar refractivity (Wildman–Crippen MR) is 107 cm³/mol. The van der Waals surface area contributed by atoms with Crippen LogP contribution < -0.4 is 21.9 Å². The first-order valence-corrected chi connectivity index (χ1v) is 9.18. The minimum atomic E-state index is -0.309. The van der Waals surface area contributed by atoms with E-state index in [2.05, 4.69) is 47.1 Å². The van der Waals surface area contributed by atoms with Crippen LogP contribution in [0.25, 0.3) is 0 Å². The highest BCUT2D eigenvalue weighted by Crippen LogP contribution is 2.28. The largest absolute Gasteiger partial charge is 0.393 e. The van der Waals surface area contributed by atoms with Gasteiger partial charge in [-0.1, -0.05) is 15.9 Å². The molecule has 0 unspecified atom stereocenters. The number of thiazole rings is 1. The Morgan fingerprint density at radius 2 is 1.85 bits per heavy atom. The molecule has 134 valence electrons. The highest BCUT2D eigenvalue weighted by Gasteiger charge is 2.12. The van der Waals surface area contributed by atoms with Crippen LogP contribution >= 0.6 is 27.3 Å². The lowest BCUT2D eigenvalue weighted by atomic mass is 10.2. The van der Waals surface area contributed by atoms with E-state index in [0.717, 1.165) is 15.0 Å². The number of nitrogens with two attached hydrogens (primary N) is 1. The van der Waals surface area contributed by atoms with Gasteiger partial charge in [-0.2, -0.15) is 0 Å². The quantitative estimate of drug-likeness (QED) is 0.455. The molecule has 0 atom stereocenters. The summed E-state index contributed by atoms with van der Waals surface area (Å²) in [4.78, 5) is 25.9. The highest BCUT2D eigenvalue weighted by molar-refractivity contribution is 9.10. The van der Waals surface area contributed by atoms with E-state index in [1.54, 1.807) is 24.3 Å². The molecule has 2 aromatic heterocycles. The van der Waals surface area contributed by atoms with Crippen LogP contribution in [-0.2, 0) is 0 Å². The van der Waals surface area contributed by atoms with Crippen LogP contribution in [0.15, 0.2) is 35.1 Å². The number of rotatable bonds is 5. The van der Waals surface area contributed by atoms with Crippen molar-refractivity contribution < 1.29 is 4.79 Å². The van der Waals surface area contributed by atoms with Crippen molar-refractivity contribution in [2.75, 3.05) is 16.5 Å². The Labute approximate surface area is 162 Å². The maximum atomic E-state index is 12.2. The van der Waals surface area contributed by atoms with Gasteiger partial charge in [-0.05, 0) is 38.1 Å². The van der Waals surface area contributed by atoms with Crippen LogP contribution in [0, 0.1) is 13.8 Å². The summed E-state index contributed by atoms with van der Waals surface area (Å²) in [6.07, 6.45) is 1.35. The first-order valence-electron chi connectivity index (χ1n) is 7.57. The fourth-order valence-electron chi connectivity index (χ4n) is 2.01. The summed E-state index contributed by atoms with van der Waals surface area (Å²) < 4.78 is 0.894. The monoisotopic (exact) mass is 433 g/mol. The fourth-order valence-corrected chi connectivity index (χ4v) is 3.09. The van der Waals surface area contributed by atoms with Crippen LogP contribution in [-0.4, -0.2) is 20.9 Å². The highest BCUT2D eigenvalue weighted by atomic mass is 79.9. The molecular weight excluding hydrogens is 418 g/mol. The second-order valence-corrected chi connectivity index (χ2v) is 7.48. The standard InChI is InChI=1S/C16H16BrN7OS/c1-8-9(2)26-16(21-8)22-13-12(18)14(20-7-19-13)23-24-15(25)10-3-5-11(17)6-4-10/h3-7H,18H2,1-2H3,(H,24,25)(H2,19,20,21,22,23). The van der Waals surface area contributed by atoms with Gasteiger partial charge in [0.1, 0.15) is 12.0 Å². The molecule has 0 aliphatic rings. The van der Waals surface area contributed by atoms with E-state index in [4.69, 9.17) is 5.73 Å². The molecule has 0 bridgehead atoms. The Balaban J connectivity index is 1.70. The molecule has 0 fully saturated rings. The average Bonchev–Trinajstić information content (AvgIpc) is 2.93. The average molecular weight is 434 g/mol. The number of nitrogens with one attached hydrogen (secondary N) is 3. The molecule has 0 aliphatic carbocycles. The van der Waals surface area contributed by atoms with Crippen molar-refractivity contribution in [3.8, 4) is 0 Å². The maximum Gasteiger partial charge on any atom is 0.269 e. The minimum absolute atomic E-state index is 0.272. The Morgan fingerprint density at radius 3 is 2.50 bits per heavy atom. The lowest BCUT2D eigenvalue weighted by Gasteiger charge is -2.12. The second kappa shape index (κ2) is 7.67.